The summed E-state index contributed by atoms with van der Waals surface area (Å²) in [5.74, 6) is -0.462. The quantitative estimate of drug-likeness (QED) is 0.839. The number of halogens is 3. The average molecular weight is 335 g/mol. The summed E-state index contributed by atoms with van der Waals surface area (Å²) in [5, 5.41) is 2.99. The van der Waals surface area contributed by atoms with E-state index in [0.717, 1.165) is 19.3 Å². The molecule has 0 aromatic heterocycles. The van der Waals surface area contributed by atoms with Crippen LogP contribution >= 0.6 is 27.5 Å². The molecule has 1 aliphatic carbocycles. The first kappa shape index (κ1) is 13.8. The Morgan fingerprint density at radius 1 is 1.50 bits per heavy atom. The molecule has 1 fully saturated rings. The SMILES string of the molecule is O=C(NCC1CCC(Cl)C1)c1cc(Br)ccc1F. The molecule has 2 nitrogen and oxygen atoms in total. The maximum atomic E-state index is 13.5. The first-order valence-electron chi connectivity index (χ1n) is 5.93. The zero-order valence-electron chi connectivity index (χ0n) is 9.76. The van der Waals surface area contributed by atoms with Crippen molar-refractivity contribution in [2.75, 3.05) is 6.54 Å². The molecule has 1 aromatic rings. The molecule has 1 amide bonds. The zero-order chi connectivity index (χ0) is 13.1. The van der Waals surface area contributed by atoms with Crippen LogP contribution in [0.5, 0.6) is 0 Å². The van der Waals surface area contributed by atoms with Crippen LogP contribution in [0.3, 0.4) is 0 Å². The highest BCUT2D eigenvalue weighted by atomic mass is 79.9. The van der Waals surface area contributed by atoms with Crippen molar-refractivity contribution in [1.82, 2.24) is 5.32 Å². The van der Waals surface area contributed by atoms with Crippen molar-refractivity contribution in [2.24, 2.45) is 5.92 Å². The van der Waals surface area contributed by atoms with Gasteiger partial charge >= 0.3 is 0 Å². The van der Waals surface area contributed by atoms with Gasteiger partial charge < -0.3 is 5.32 Å². The lowest BCUT2D eigenvalue weighted by atomic mass is 10.1. The molecular weight excluding hydrogens is 321 g/mol. The van der Waals surface area contributed by atoms with E-state index in [9.17, 15) is 9.18 Å². The third-order valence-electron chi connectivity index (χ3n) is 3.20. The van der Waals surface area contributed by atoms with Gasteiger partial charge in [0.2, 0.25) is 0 Å². The van der Waals surface area contributed by atoms with E-state index < -0.39 is 5.82 Å². The first-order valence-corrected chi connectivity index (χ1v) is 7.16. The molecule has 0 radical (unpaired) electrons. The van der Waals surface area contributed by atoms with E-state index in [-0.39, 0.29) is 16.8 Å². The Hall–Kier alpha value is -0.610. The second kappa shape index (κ2) is 6.02. The molecule has 1 N–H and O–H groups in total. The molecule has 0 saturated heterocycles. The number of rotatable bonds is 3. The van der Waals surface area contributed by atoms with E-state index in [1.165, 1.54) is 12.1 Å². The molecule has 0 bridgehead atoms. The van der Waals surface area contributed by atoms with Crippen LogP contribution in [-0.2, 0) is 0 Å². The third-order valence-corrected chi connectivity index (χ3v) is 4.09. The topological polar surface area (TPSA) is 29.1 Å². The van der Waals surface area contributed by atoms with Crippen molar-refractivity contribution in [3.63, 3.8) is 0 Å². The van der Waals surface area contributed by atoms with Crippen molar-refractivity contribution in [1.29, 1.82) is 0 Å². The summed E-state index contributed by atoms with van der Waals surface area (Å²) in [5.41, 5.74) is 0.0739. The molecule has 5 heteroatoms. The number of carbonyl (C=O) groups is 1. The van der Waals surface area contributed by atoms with Crippen molar-refractivity contribution in [2.45, 2.75) is 24.6 Å². The van der Waals surface area contributed by atoms with E-state index in [1.807, 2.05) is 0 Å². The Bertz CT molecular complexity index is 455. The van der Waals surface area contributed by atoms with Crippen LogP contribution in [0.15, 0.2) is 22.7 Å². The molecule has 2 unspecified atom stereocenters. The summed E-state index contributed by atoms with van der Waals surface area (Å²) in [6.07, 6.45) is 2.94. The van der Waals surface area contributed by atoms with E-state index in [0.29, 0.717) is 16.9 Å². The predicted molar refractivity (Wildman–Crippen MR) is 73.4 cm³/mol. The van der Waals surface area contributed by atoms with Gasteiger partial charge in [-0.05, 0) is 43.4 Å². The van der Waals surface area contributed by atoms with Gasteiger partial charge in [-0.25, -0.2) is 4.39 Å². The Morgan fingerprint density at radius 2 is 2.28 bits per heavy atom. The van der Waals surface area contributed by atoms with E-state index >= 15 is 0 Å². The van der Waals surface area contributed by atoms with Gasteiger partial charge in [0.15, 0.2) is 0 Å². The number of hydrogen-bond acceptors (Lipinski definition) is 1. The number of carbonyl (C=O) groups excluding carboxylic acids is 1. The molecule has 0 heterocycles. The van der Waals surface area contributed by atoms with Crippen LogP contribution in [0.2, 0.25) is 0 Å². The number of amides is 1. The highest BCUT2D eigenvalue weighted by Gasteiger charge is 2.23. The Morgan fingerprint density at radius 3 is 2.94 bits per heavy atom. The fraction of sp³-hybridized carbons (Fsp3) is 0.462. The number of benzene rings is 1. The minimum atomic E-state index is -0.502. The zero-order valence-corrected chi connectivity index (χ0v) is 12.1. The van der Waals surface area contributed by atoms with Gasteiger partial charge in [-0.1, -0.05) is 15.9 Å². The lowest BCUT2D eigenvalue weighted by Gasteiger charge is -2.11. The second-order valence-corrected chi connectivity index (χ2v) is 6.14. The average Bonchev–Trinajstić information content (AvgIpc) is 2.75. The van der Waals surface area contributed by atoms with Gasteiger partial charge in [-0.2, -0.15) is 0 Å². The lowest BCUT2D eigenvalue weighted by molar-refractivity contribution is 0.0943. The second-order valence-electron chi connectivity index (χ2n) is 4.61. The summed E-state index contributed by atoms with van der Waals surface area (Å²) < 4.78 is 14.2. The smallest absolute Gasteiger partial charge is 0.254 e. The van der Waals surface area contributed by atoms with Gasteiger partial charge in [0.25, 0.3) is 5.91 Å². The van der Waals surface area contributed by atoms with Crippen molar-refractivity contribution >= 4 is 33.4 Å². The minimum Gasteiger partial charge on any atom is -0.352 e. The summed E-state index contributed by atoms with van der Waals surface area (Å²) in [4.78, 5) is 11.9. The molecule has 1 aliphatic rings. The first-order chi connectivity index (χ1) is 8.56. The third kappa shape index (κ3) is 3.45. The van der Waals surface area contributed by atoms with Crippen LogP contribution in [0.4, 0.5) is 4.39 Å². The highest BCUT2D eigenvalue weighted by molar-refractivity contribution is 9.10. The molecule has 2 rings (SSSR count). The van der Waals surface area contributed by atoms with Gasteiger partial charge in [-0.3, -0.25) is 4.79 Å². The highest BCUT2D eigenvalue weighted by Crippen LogP contribution is 2.28. The predicted octanol–water partition coefficient (Wildman–Crippen LogP) is 3.73. The van der Waals surface area contributed by atoms with Crippen LogP contribution in [0, 0.1) is 11.7 Å². The normalized spacial score (nSPS) is 23.1. The maximum Gasteiger partial charge on any atom is 0.254 e. The van der Waals surface area contributed by atoms with Gasteiger partial charge in [0, 0.05) is 16.4 Å². The summed E-state index contributed by atoms with van der Waals surface area (Å²) in [6.45, 7) is 0.563. The monoisotopic (exact) mass is 333 g/mol. The summed E-state index contributed by atoms with van der Waals surface area (Å²) in [7, 11) is 0. The molecule has 0 spiro atoms. The van der Waals surface area contributed by atoms with Gasteiger partial charge in [0.05, 0.1) is 5.56 Å². The van der Waals surface area contributed by atoms with Gasteiger partial charge in [0.1, 0.15) is 5.82 Å². The van der Waals surface area contributed by atoms with Crippen LogP contribution < -0.4 is 5.32 Å². The van der Waals surface area contributed by atoms with Gasteiger partial charge in [-0.15, -0.1) is 11.6 Å². The van der Waals surface area contributed by atoms with Crippen molar-refractivity contribution < 1.29 is 9.18 Å². The fourth-order valence-corrected chi connectivity index (χ4v) is 2.94. The molecule has 2 atom stereocenters. The standard InChI is InChI=1S/C13H14BrClFNO/c14-9-2-4-12(16)11(6-9)13(18)17-7-8-1-3-10(15)5-8/h2,4,6,8,10H,1,3,5,7H2,(H,17,18). The van der Waals surface area contributed by atoms with E-state index in [4.69, 9.17) is 11.6 Å². The molecule has 98 valence electrons. The Labute approximate surface area is 119 Å². The van der Waals surface area contributed by atoms with E-state index in [2.05, 4.69) is 21.2 Å². The Balaban J connectivity index is 1.93. The molecule has 1 saturated carbocycles. The van der Waals surface area contributed by atoms with Crippen LogP contribution in [-0.4, -0.2) is 17.8 Å². The number of hydrogen-bond donors (Lipinski definition) is 1. The number of nitrogens with one attached hydrogen (secondary N) is 1. The van der Waals surface area contributed by atoms with Crippen LogP contribution in [0.1, 0.15) is 29.6 Å². The van der Waals surface area contributed by atoms with Crippen molar-refractivity contribution in [3.8, 4) is 0 Å². The van der Waals surface area contributed by atoms with E-state index in [1.54, 1.807) is 6.07 Å². The largest absolute Gasteiger partial charge is 0.352 e. The lowest BCUT2D eigenvalue weighted by Crippen LogP contribution is -2.29. The number of alkyl halides is 1. The molecular formula is C13H14BrClFNO. The van der Waals surface area contributed by atoms with Crippen LogP contribution in [0.25, 0.3) is 0 Å². The Kier molecular flexibility index (Phi) is 4.62. The fourth-order valence-electron chi connectivity index (χ4n) is 2.20. The summed E-state index contributed by atoms with van der Waals surface area (Å²) in [6, 6.07) is 4.34. The summed E-state index contributed by atoms with van der Waals surface area (Å²) >= 11 is 9.23. The van der Waals surface area contributed by atoms with Crippen molar-refractivity contribution in [3.05, 3.63) is 34.1 Å². The minimum absolute atomic E-state index is 0.0739. The molecule has 1 aromatic carbocycles. The maximum absolute atomic E-state index is 13.5. The molecule has 0 aliphatic heterocycles. The molecule has 18 heavy (non-hydrogen) atoms.